The van der Waals surface area contributed by atoms with Crippen molar-refractivity contribution in [1.29, 1.82) is 0 Å². The van der Waals surface area contributed by atoms with Crippen molar-refractivity contribution in [2.75, 3.05) is 0 Å². The highest BCUT2D eigenvalue weighted by atomic mass is 32.2. The van der Waals surface area contributed by atoms with Crippen LogP contribution in [-0.4, -0.2) is 26.2 Å². The van der Waals surface area contributed by atoms with E-state index in [9.17, 15) is 13.6 Å². The maximum atomic E-state index is 12.7. The van der Waals surface area contributed by atoms with Crippen molar-refractivity contribution < 1.29 is 13.6 Å². The molecule has 1 amide bonds. The van der Waals surface area contributed by atoms with E-state index in [0.717, 1.165) is 5.69 Å². The largest absolute Gasteiger partial charge is 0.349 e. The number of aromatic nitrogens is 3. The van der Waals surface area contributed by atoms with E-state index in [-0.39, 0.29) is 24.2 Å². The Kier molecular flexibility index (Phi) is 5.05. The molecular formula is C16H14F2N4OS. The first-order valence-corrected chi connectivity index (χ1v) is 8.08. The molecular weight excluding hydrogens is 334 g/mol. The minimum absolute atomic E-state index is 0.0810. The number of halogens is 2. The molecule has 0 saturated carbocycles. The summed E-state index contributed by atoms with van der Waals surface area (Å²) in [6.07, 6.45) is 1.64. The number of benzene rings is 1. The zero-order valence-electron chi connectivity index (χ0n) is 12.5. The molecule has 1 aromatic carbocycles. The predicted molar refractivity (Wildman–Crippen MR) is 87.7 cm³/mol. The standard InChI is InChI=1S/C16H14F2N4OS/c17-15(18)24-16-21-12-6-1-2-7-13(12)22(16)10-14(23)20-9-11-5-3-4-8-19-11/h1-8,15H,9-10H2,(H,20,23). The van der Waals surface area contributed by atoms with Crippen molar-refractivity contribution in [1.82, 2.24) is 19.9 Å². The summed E-state index contributed by atoms with van der Waals surface area (Å²) >= 11 is 0.333. The van der Waals surface area contributed by atoms with E-state index in [1.807, 2.05) is 6.07 Å². The summed E-state index contributed by atoms with van der Waals surface area (Å²) in [5.41, 5.74) is 1.95. The van der Waals surface area contributed by atoms with Gasteiger partial charge in [-0.3, -0.25) is 9.78 Å². The topological polar surface area (TPSA) is 59.8 Å². The molecule has 2 heterocycles. The second-order valence-electron chi connectivity index (χ2n) is 4.95. The SMILES string of the molecule is O=C(Cn1c(SC(F)F)nc2ccccc21)NCc1ccccn1. The lowest BCUT2D eigenvalue weighted by molar-refractivity contribution is -0.121. The van der Waals surface area contributed by atoms with Crippen molar-refractivity contribution in [2.24, 2.45) is 0 Å². The first-order valence-electron chi connectivity index (χ1n) is 7.20. The van der Waals surface area contributed by atoms with Gasteiger partial charge in [0.25, 0.3) is 5.76 Å². The van der Waals surface area contributed by atoms with E-state index in [1.54, 1.807) is 42.6 Å². The van der Waals surface area contributed by atoms with Crippen molar-refractivity contribution in [3.05, 3.63) is 54.4 Å². The molecule has 0 aliphatic rings. The summed E-state index contributed by atoms with van der Waals surface area (Å²) in [7, 11) is 0. The zero-order chi connectivity index (χ0) is 16.9. The van der Waals surface area contributed by atoms with E-state index >= 15 is 0 Å². The highest BCUT2D eigenvalue weighted by molar-refractivity contribution is 7.99. The van der Waals surface area contributed by atoms with Crippen LogP contribution in [0.5, 0.6) is 0 Å². The first kappa shape index (κ1) is 16.4. The van der Waals surface area contributed by atoms with Crippen molar-refractivity contribution in [3.8, 4) is 0 Å². The fraction of sp³-hybridized carbons (Fsp3) is 0.188. The van der Waals surface area contributed by atoms with Crippen LogP contribution in [0.3, 0.4) is 0 Å². The second kappa shape index (κ2) is 7.39. The molecule has 0 bridgehead atoms. The number of para-hydroxylation sites is 2. The summed E-state index contributed by atoms with van der Waals surface area (Å²) in [6.45, 7) is 0.200. The number of amides is 1. The highest BCUT2D eigenvalue weighted by Gasteiger charge is 2.17. The number of carbonyl (C=O) groups excluding carboxylic acids is 1. The van der Waals surface area contributed by atoms with Gasteiger partial charge in [0.1, 0.15) is 6.54 Å². The van der Waals surface area contributed by atoms with Crippen LogP contribution in [0.1, 0.15) is 5.69 Å². The first-order chi connectivity index (χ1) is 11.6. The molecule has 0 saturated heterocycles. The Bertz CT molecular complexity index is 838. The van der Waals surface area contributed by atoms with Gasteiger partial charge in [0.05, 0.1) is 23.3 Å². The maximum Gasteiger partial charge on any atom is 0.291 e. The number of fused-ring (bicyclic) bond motifs is 1. The quantitative estimate of drug-likeness (QED) is 0.696. The van der Waals surface area contributed by atoms with Gasteiger partial charge in [-0.15, -0.1) is 0 Å². The lowest BCUT2D eigenvalue weighted by Gasteiger charge is -2.09. The number of nitrogens with one attached hydrogen (secondary N) is 1. The number of hydrogen-bond acceptors (Lipinski definition) is 4. The monoisotopic (exact) mass is 348 g/mol. The molecule has 3 aromatic rings. The minimum Gasteiger partial charge on any atom is -0.349 e. The van der Waals surface area contributed by atoms with Gasteiger partial charge in [-0.1, -0.05) is 18.2 Å². The van der Waals surface area contributed by atoms with E-state index < -0.39 is 5.76 Å². The average molecular weight is 348 g/mol. The number of thioether (sulfide) groups is 1. The number of pyridine rings is 1. The molecule has 0 spiro atoms. The molecule has 0 aliphatic carbocycles. The van der Waals surface area contributed by atoms with Gasteiger partial charge in [-0.2, -0.15) is 8.78 Å². The van der Waals surface area contributed by atoms with Crippen LogP contribution >= 0.6 is 11.8 Å². The van der Waals surface area contributed by atoms with E-state index in [0.29, 0.717) is 22.8 Å². The maximum absolute atomic E-state index is 12.7. The highest BCUT2D eigenvalue weighted by Crippen LogP contribution is 2.28. The molecule has 0 radical (unpaired) electrons. The van der Waals surface area contributed by atoms with Gasteiger partial charge in [-0.25, -0.2) is 4.98 Å². The second-order valence-corrected chi connectivity index (χ2v) is 5.90. The summed E-state index contributed by atoms with van der Waals surface area (Å²) in [5.74, 6) is -2.89. The number of imidazole rings is 1. The molecule has 124 valence electrons. The van der Waals surface area contributed by atoms with Crippen molar-refractivity contribution in [2.45, 2.75) is 24.0 Å². The van der Waals surface area contributed by atoms with Crippen molar-refractivity contribution in [3.63, 3.8) is 0 Å². The Morgan fingerprint density at radius 3 is 2.75 bits per heavy atom. The summed E-state index contributed by atoms with van der Waals surface area (Å²) < 4.78 is 27.0. The number of alkyl halides is 2. The van der Waals surface area contributed by atoms with E-state index in [1.165, 1.54) is 4.57 Å². The minimum atomic E-state index is -2.60. The molecule has 5 nitrogen and oxygen atoms in total. The molecule has 0 fully saturated rings. The fourth-order valence-corrected chi connectivity index (χ4v) is 2.87. The molecule has 0 aliphatic heterocycles. The van der Waals surface area contributed by atoms with Gasteiger partial charge >= 0.3 is 0 Å². The third-order valence-corrected chi connectivity index (χ3v) is 4.01. The van der Waals surface area contributed by atoms with Gasteiger partial charge in [-0.05, 0) is 36.0 Å². The number of carbonyl (C=O) groups is 1. The van der Waals surface area contributed by atoms with Gasteiger partial charge in [0.2, 0.25) is 5.91 Å². The van der Waals surface area contributed by atoms with Gasteiger partial charge in [0.15, 0.2) is 5.16 Å². The molecule has 8 heteroatoms. The van der Waals surface area contributed by atoms with E-state index in [2.05, 4.69) is 15.3 Å². The number of hydrogen-bond donors (Lipinski definition) is 1. The lowest BCUT2D eigenvalue weighted by atomic mass is 10.3. The van der Waals surface area contributed by atoms with Gasteiger partial charge < -0.3 is 9.88 Å². The molecule has 1 N–H and O–H groups in total. The fourth-order valence-electron chi connectivity index (χ4n) is 2.27. The Morgan fingerprint density at radius 1 is 1.21 bits per heavy atom. The van der Waals surface area contributed by atoms with Crippen LogP contribution in [0.15, 0.2) is 53.8 Å². The van der Waals surface area contributed by atoms with Crippen LogP contribution < -0.4 is 5.32 Å². The normalized spacial score (nSPS) is 11.1. The summed E-state index contributed by atoms with van der Waals surface area (Å²) in [6, 6.07) is 12.5. The Morgan fingerprint density at radius 2 is 2.00 bits per heavy atom. The Balaban J connectivity index is 1.76. The molecule has 0 atom stereocenters. The smallest absolute Gasteiger partial charge is 0.291 e. The third-order valence-electron chi connectivity index (χ3n) is 3.31. The van der Waals surface area contributed by atoms with Crippen LogP contribution in [0.25, 0.3) is 11.0 Å². The van der Waals surface area contributed by atoms with Crippen LogP contribution in [0.4, 0.5) is 8.78 Å². The van der Waals surface area contributed by atoms with Gasteiger partial charge in [0, 0.05) is 6.20 Å². The third kappa shape index (κ3) is 3.88. The molecule has 24 heavy (non-hydrogen) atoms. The number of nitrogens with zero attached hydrogens (tertiary/aromatic N) is 3. The Hall–Kier alpha value is -2.48. The molecule has 0 unspecified atom stereocenters. The number of rotatable bonds is 6. The summed E-state index contributed by atoms with van der Waals surface area (Å²) in [4.78, 5) is 20.5. The van der Waals surface area contributed by atoms with E-state index in [4.69, 9.17) is 0 Å². The summed E-state index contributed by atoms with van der Waals surface area (Å²) in [5, 5.41) is 2.86. The predicted octanol–water partition coefficient (Wildman–Crippen LogP) is 3.06. The van der Waals surface area contributed by atoms with Crippen LogP contribution in [0.2, 0.25) is 0 Å². The molecule has 2 aromatic heterocycles. The van der Waals surface area contributed by atoms with Crippen LogP contribution in [0, 0.1) is 0 Å². The lowest BCUT2D eigenvalue weighted by Crippen LogP contribution is -2.27. The zero-order valence-corrected chi connectivity index (χ0v) is 13.3. The molecule has 3 rings (SSSR count). The van der Waals surface area contributed by atoms with Crippen molar-refractivity contribution >= 4 is 28.7 Å². The average Bonchev–Trinajstić information content (AvgIpc) is 2.91. The Labute approximate surface area is 141 Å². The van der Waals surface area contributed by atoms with Crippen LogP contribution in [-0.2, 0) is 17.9 Å².